The van der Waals surface area contributed by atoms with Crippen molar-refractivity contribution in [2.45, 2.75) is 30.7 Å². The number of carbonyl (C=O) groups is 4. The van der Waals surface area contributed by atoms with Gasteiger partial charge in [0, 0.05) is 0 Å². The number of carbonyl (C=O) groups excluding carboxylic acids is 4. The lowest BCUT2D eigenvalue weighted by atomic mass is 9.98. The molecule has 4 aromatic carbocycles. The number of rotatable bonds is 8. The fraction of sp³-hybridized carbons (Fsp3) is 0.147. The molecule has 5 rings (SSSR count). The van der Waals surface area contributed by atoms with Crippen molar-refractivity contribution >= 4 is 23.9 Å². The number of nitrogens with zero attached hydrogens (tertiary/aromatic N) is 1. The zero-order valence-electron chi connectivity index (χ0n) is 23.1. The van der Waals surface area contributed by atoms with Crippen molar-refractivity contribution in [1.29, 1.82) is 5.26 Å². The molecule has 2 unspecified atom stereocenters. The molecule has 10 nitrogen and oxygen atoms in total. The van der Waals surface area contributed by atoms with Gasteiger partial charge < -0.3 is 23.7 Å². The molecule has 220 valence electrons. The average Bonchev–Trinajstić information content (AvgIpc) is 3.08. The molecule has 0 N–H and O–H groups in total. The first-order valence-corrected chi connectivity index (χ1v) is 13.5. The minimum absolute atomic E-state index is 0.131. The number of hydrogen-bond acceptors (Lipinski definition) is 10. The predicted molar refractivity (Wildman–Crippen MR) is 153 cm³/mol. The van der Waals surface area contributed by atoms with Crippen LogP contribution >= 0.6 is 0 Å². The maximum absolute atomic E-state index is 13.3. The summed E-state index contributed by atoms with van der Waals surface area (Å²) in [7, 11) is 0. The van der Waals surface area contributed by atoms with Crippen molar-refractivity contribution in [2.75, 3.05) is 0 Å². The Labute approximate surface area is 252 Å². The molecule has 1 saturated heterocycles. The highest BCUT2D eigenvalue weighted by molar-refractivity contribution is 5.92. The van der Waals surface area contributed by atoms with Crippen LogP contribution in [0.25, 0.3) is 0 Å². The monoisotopic (exact) mass is 591 g/mol. The molecule has 0 spiro atoms. The summed E-state index contributed by atoms with van der Waals surface area (Å²) in [6, 6.07) is 33.6. The van der Waals surface area contributed by atoms with E-state index in [2.05, 4.69) is 0 Å². The number of benzene rings is 4. The van der Waals surface area contributed by atoms with E-state index in [1.165, 1.54) is 48.5 Å². The van der Waals surface area contributed by atoms with Crippen LogP contribution in [0, 0.1) is 11.3 Å². The van der Waals surface area contributed by atoms with E-state index in [1.54, 1.807) is 72.8 Å². The van der Waals surface area contributed by atoms with Gasteiger partial charge in [0.2, 0.25) is 12.4 Å². The summed E-state index contributed by atoms with van der Waals surface area (Å²) in [6.45, 7) is 0. The van der Waals surface area contributed by atoms with Crippen molar-refractivity contribution in [3.63, 3.8) is 0 Å². The molecular formula is C34H25NO9. The van der Waals surface area contributed by atoms with Crippen LogP contribution in [0.5, 0.6) is 0 Å². The normalized spacial score (nSPS) is 20.8. The second-order valence-electron chi connectivity index (χ2n) is 9.53. The zero-order chi connectivity index (χ0) is 30.9. The highest BCUT2D eigenvalue weighted by Gasteiger charge is 2.54. The van der Waals surface area contributed by atoms with Crippen molar-refractivity contribution < 1.29 is 42.9 Å². The first kappa shape index (κ1) is 29.7. The SMILES string of the molecule is N#CC1O[C@H](OC(=O)c2ccccc2)C(OC(=O)c2ccccc2)[C@@H](OC(=O)c2ccccc2)[C@@H]1OC(=O)c1ccccc1. The van der Waals surface area contributed by atoms with E-state index in [0.29, 0.717) is 0 Å². The topological polar surface area (TPSA) is 138 Å². The number of hydrogen-bond donors (Lipinski definition) is 0. The predicted octanol–water partition coefficient (Wildman–Crippen LogP) is 4.77. The van der Waals surface area contributed by atoms with Crippen molar-refractivity contribution in [3.05, 3.63) is 144 Å². The Balaban J connectivity index is 1.54. The summed E-state index contributed by atoms with van der Waals surface area (Å²) >= 11 is 0. The van der Waals surface area contributed by atoms with Gasteiger partial charge in [-0.3, -0.25) is 0 Å². The molecule has 5 atom stereocenters. The van der Waals surface area contributed by atoms with E-state index < -0.39 is 54.6 Å². The largest absolute Gasteiger partial charge is 0.451 e. The maximum atomic E-state index is 13.3. The van der Waals surface area contributed by atoms with Crippen molar-refractivity contribution in [1.82, 2.24) is 0 Å². The Hall–Kier alpha value is -5.79. The second kappa shape index (κ2) is 13.9. The first-order chi connectivity index (χ1) is 21.4. The van der Waals surface area contributed by atoms with Gasteiger partial charge in [0.15, 0.2) is 18.3 Å². The summed E-state index contributed by atoms with van der Waals surface area (Å²) in [5.41, 5.74) is 0.557. The minimum atomic E-state index is -1.74. The average molecular weight is 592 g/mol. The van der Waals surface area contributed by atoms with Gasteiger partial charge in [0.05, 0.1) is 28.3 Å². The molecule has 4 aromatic rings. The van der Waals surface area contributed by atoms with Crippen LogP contribution in [0.1, 0.15) is 41.4 Å². The molecule has 0 bridgehead atoms. The molecule has 1 heterocycles. The van der Waals surface area contributed by atoms with E-state index >= 15 is 0 Å². The van der Waals surface area contributed by atoms with Crippen LogP contribution in [0.15, 0.2) is 121 Å². The quantitative estimate of drug-likeness (QED) is 0.208. The number of nitriles is 1. The summed E-state index contributed by atoms with van der Waals surface area (Å²) in [4.78, 5) is 52.8. The lowest BCUT2D eigenvalue weighted by molar-refractivity contribution is -0.266. The Kier molecular flexibility index (Phi) is 9.39. The highest BCUT2D eigenvalue weighted by Crippen LogP contribution is 2.31. The fourth-order valence-corrected chi connectivity index (χ4v) is 4.44. The van der Waals surface area contributed by atoms with Crippen LogP contribution in [-0.4, -0.2) is 54.6 Å². The maximum Gasteiger partial charge on any atom is 0.340 e. The molecule has 0 amide bonds. The van der Waals surface area contributed by atoms with Gasteiger partial charge in [0.25, 0.3) is 0 Å². The highest BCUT2D eigenvalue weighted by atomic mass is 16.7. The summed E-state index contributed by atoms with van der Waals surface area (Å²) in [6.07, 6.45) is -8.24. The molecule has 0 radical (unpaired) electrons. The third-order valence-corrected chi connectivity index (χ3v) is 6.61. The Bertz CT molecular complexity index is 1640. The van der Waals surface area contributed by atoms with Crippen LogP contribution < -0.4 is 0 Å². The summed E-state index contributed by atoms with van der Waals surface area (Å²) in [5, 5.41) is 10.1. The van der Waals surface area contributed by atoms with Crippen LogP contribution in [0.3, 0.4) is 0 Å². The van der Waals surface area contributed by atoms with E-state index in [0.717, 1.165) is 0 Å². The van der Waals surface area contributed by atoms with Gasteiger partial charge >= 0.3 is 23.9 Å². The zero-order valence-corrected chi connectivity index (χ0v) is 23.1. The molecule has 1 aliphatic heterocycles. The van der Waals surface area contributed by atoms with E-state index in [1.807, 2.05) is 6.07 Å². The van der Waals surface area contributed by atoms with Crippen molar-refractivity contribution in [2.24, 2.45) is 0 Å². The Morgan fingerprint density at radius 3 is 1.16 bits per heavy atom. The van der Waals surface area contributed by atoms with Gasteiger partial charge in [-0.25, -0.2) is 19.2 Å². The molecule has 10 heteroatoms. The molecule has 1 fully saturated rings. The summed E-state index contributed by atoms with van der Waals surface area (Å²) in [5.74, 6) is -3.46. The standard InChI is InChI=1S/C34H25NO9/c35-21-26-27(41-30(36)22-13-5-1-6-14-22)28(42-31(37)23-15-7-2-8-16-23)29(43-32(38)24-17-9-3-10-18-24)34(40-26)44-33(39)25-19-11-4-12-20-25/h1-20,26-29,34H/t26?,27-,28+,29?,34-/m1/s1. The van der Waals surface area contributed by atoms with Gasteiger partial charge in [-0.05, 0) is 48.5 Å². The molecule has 0 aliphatic carbocycles. The summed E-state index contributed by atoms with van der Waals surface area (Å²) < 4.78 is 28.7. The fourth-order valence-electron chi connectivity index (χ4n) is 4.44. The lowest BCUT2D eigenvalue weighted by Crippen LogP contribution is -2.62. The third-order valence-electron chi connectivity index (χ3n) is 6.61. The molecular weight excluding hydrogens is 566 g/mol. The van der Waals surface area contributed by atoms with Crippen LogP contribution in [0.2, 0.25) is 0 Å². The molecule has 1 aliphatic rings. The number of ether oxygens (including phenoxy) is 5. The minimum Gasteiger partial charge on any atom is -0.451 e. The van der Waals surface area contributed by atoms with Gasteiger partial charge in [-0.1, -0.05) is 72.8 Å². The third kappa shape index (κ3) is 6.98. The Morgan fingerprint density at radius 2 is 0.795 bits per heavy atom. The van der Waals surface area contributed by atoms with Gasteiger partial charge in [-0.2, -0.15) is 5.26 Å². The molecule has 44 heavy (non-hydrogen) atoms. The smallest absolute Gasteiger partial charge is 0.340 e. The van der Waals surface area contributed by atoms with Crippen LogP contribution in [-0.2, 0) is 23.7 Å². The van der Waals surface area contributed by atoms with E-state index in [9.17, 15) is 24.4 Å². The van der Waals surface area contributed by atoms with Crippen molar-refractivity contribution in [3.8, 4) is 6.07 Å². The van der Waals surface area contributed by atoms with Gasteiger partial charge in [-0.15, -0.1) is 0 Å². The number of esters is 4. The second-order valence-corrected chi connectivity index (χ2v) is 9.53. The van der Waals surface area contributed by atoms with E-state index in [4.69, 9.17) is 23.7 Å². The Morgan fingerprint density at radius 1 is 0.477 bits per heavy atom. The van der Waals surface area contributed by atoms with Crippen LogP contribution in [0.4, 0.5) is 0 Å². The first-order valence-electron chi connectivity index (χ1n) is 13.5. The van der Waals surface area contributed by atoms with E-state index in [-0.39, 0.29) is 22.3 Å². The van der Waals surface area contributed by atoms with Gasteiger partial charge in [0.1, 0.15) is 0 Å². The molecule has 0 saturated carbocycles. The lowest BCUT2D eigenvalue weighted by Gasteiger charge is -2.42. The molecule has 0 aromatic heterocycles.